The average Bonchev–Trinajstić information content (AvgIpc) is 2.25. The number of carbonyl (C=O) groups is 2. The lowest BCUT2D eigenvalue weighted by Gasteiger charge is -2.31. The summed E-state index contributed by atoms with van der Waals surface area (Å²) in [5.74, 6) is -0.948. The van der Waals surface area contributed by atoms with Gasteiger partial charge in [-0.3, -0.25) is 4.79 Å². The average molecular weight is 244 g/mol. The van der Waals surface area contributed by atoms with E-state index < -0.39 is 17.5 Å². The van der Waals surface area contributed by atoms with E-state index >= 15 is 0 Å². The van der Waals surface area contributed by atoms with Crippen LogP contribution in [-0.4, -0.2) is 52.9 Å². The van der Waals surface area contributed by atoms with Gasteiger partial charge < -0.3 is 20.4 Å². The van der Waals surface area contributed by atoms with Crippen LogP contribution in [0.2, 0.25) is 0 Å². The Morgan fingerprint density at radius 3 is 2.65 bits per heavy atom. The molecule has 1 aliphatic heterocycles. The standard InChI is InChI=1S/C11H20N2O4/c1-11(2,9(15)16)7-12-10(17)13-5-3-4-8(14)6-13/h8,14H,3-7H2,1-2H3,(H,12,17)(H,15,16). The highest BCUT2D eigenvalue weighted by Crippen LogP contribution is 2.14. The molecule has 1 heterocycles. The lowest BCUT2D eigenvalue weighted by atomic mass is 9.94. The van der Waals surface area contributed by atoms with Gasteiger partial charge in [-0.2, -0.15) is 0 Å². The number of carboxylic acids is 1. The Morgan fingerprint density at radius 2 is 2.12 bits per heavy atom. The van der Waals surface area contributed by atoms with E-state index in [1.807, 2.05) is 0 Å². The maximum absolute atomic E-state index is 11.7. The number of amides is 2. The number of urea groups is 1. The van der Waals surface area contributed by atoms with Crippen molar-refractivity contribution in [2.45, 2.75) is 32.8 Å². The van der Waals surface area contributed by atoms with Gasteiger partial charge in [0.15, 0.2) is 0 Å². The Labute approximate surface area is 101 Å². The number of nitrogens with one attached hydrogen (secondary N) is 1. The maximum Gasteiger partial charge on any atom is 0.317 e. The smallest absolute Gasteiger partial charge is 0.317 e. The number of carboxylic acid groups (broad SMARTS) is 1. The molecule has 1 atom stereocenters. The zero-order chi connectivity index (χ0) is 13.1. The van der Waals surface area contributed by atoms with Crippen molar-refractivity contribution in [3.05, 3.63) is 0 Å². The van der Waals surface area contributed by atoms with Crippen LogP contribution in [0.5, 0.6) is 0 Å². The monoisotopic (exact) mass is 244 g/mol. The number of likely N-dealkylation sites (tertiary alicyclic amines) is 1. The van der Waals surface area contributed by atoms with E-state index in [2.05, 4.69) is 5.32 Å². The molecule has 0 saturated carbocycles. The summed E-state index contributed by atoms with van der Waals surface area (Å²) in [6, 6.07) is -0.307. The molecule has 0 aromatic heterocycles. The van der Waals surface area contributed by atoms with Gasteiger partial charge in [0.05, 0.1) is 11.5 Å². The maximum atomic E-state index is 11.7. The number of piperidine rings is 1. The predicted molar refractivity (Wildman–Crippen MR) is 61.6 cm³/mol. The minimum absolute atomic E-state index is 0.0771. The van der Waals surface area contributed by atoms with Crippen molar-refractivity contribution in [2.75, 3.05) is 19.6 Å². The fourth-order valence-electron chi connectivity index (χ4n) is 1.62. The van der Waals surface area contributed by atoms with E-state index in [1.54, 1.807) is 13.8 Å². The summed E-state index contributed by atoms with van der Waals surface area (Å²) in [6.45, 7) is 4.12. The molecule has 1 rings (SSSR count). The molecule has 98 valence electrons. The number of rotatable bonds is 3. The van der Waals surface area contributed by atoms with Gasteiger partial charge in [-0.05, 0) is 26.7 Å². The molecule has 6 nitrogen and oxygen atoms in total. The zero-order valence-electron chi connectivity index (χ0n) is 10.3. The first-order chi connectivity index (χ1) is 7.83. The summed E-state index contributed by atoms with van der Waals surface area (Å²) in [4.78, 5) is 24.1. The third kappa shape index (κ3) is 3.89. The van der Waals surface area contributed by atoms with Crippen molar-refractivity contribution in [1.29, 1.82) is 0 Å². The molecule has 2 amide bonds. The van der Waals surface area contributed by atoms with Crippen LogP contribution in [0.1, 0.15) is 26.7 Å². The molecule has 1 aliphatic rings. The second kappa shape index (κ2) is 5.35. The summed E-state index contributed by atoms with van der Waals surface area (Å²) in [5, 5.41) is 20.9. The van der Waals surface area contributed by atoms with Gasteiger partial charge in [0.1, 0.15) is 0 Å². The third-order valence-corrected chi connectivity index (χ3v) is 2.94. The molecule has 1 unspecified atom stereocenters. The van der Waals surface area contributed by atoms with Crippen molar-refractivity contribution in [3.63, 3.8) is 0 Å². The van der Waals surface area contributed by atoms with Gasteiger partial charge in [0.25, 0.3) is 0 Å². The van der Waals surface area contributed by atoms with Crippen LogP contribution in [0.3, 0.4) is 0 Å². The zero-order valence-corrected chi connectivity index (χ0v) is 10.3. The number of nitrogens with zero attached hydrogens (tertiary/aromatic N) is 1. The van der Waals surface area contributed by atoms with Crippen molar-refractivity contribution in [2.24, 2.45) is 5.41 Å². The highest BCUT2D eigenvalue weighted by Gasteiger charge is 2.29. The Kier molecular flexibility index (Phi) is 4.34. The largest absolute Gasteiger partial charge is 0.481 e. The highest BCUT2D eigenvalue weighted by molar-refractivity contribution is 5.77. The topological polar surface area (TPSA) is 89.9 Å². The summed E-state index contributed by atoms with van der Waals surface area (Å²) >= 11 is 0. The fourth-order valence-corrected chi connectivity index (χ4v) is 1.62. The second-order valence-corrected chi connectivity index (χ2v) is 5.09. The number of hydrogen-bond donors (Lipinski definition) is 3. The molecule has 0 spiro atoms. The van der Waals surface area contributed by atoms with Crippen LogP contribution < -0.4 is 5.32 Å². The minimum Gasteiger partial charge on any atom is -0.481 e. The molecule has 3 N–H and O–H groups in total. The van der Waals surface area contributed by atoms with E-state index in [0.29, 0.717) is 19.5 Å². The molecule has 1 saturated heterocycles. The van der Waals surface area contributed by atoms with Gasteiger partial charge in [0.2, 0.25) is 0 Å². The van der Waals surface area contributed by atoms with Gasteiger partial charge in [-0.25, -0.2) is 4.79 Å². The number of aliphatic hydroxyl groups is 1. The van der Waals surface area contributed by atoms with E-state index in [1.165, 1.54) is 4.90 Å². The molecule has 17 heavy (non-hydrogen) atoms. The molecular weight excluding hydrogens is 224 g/mol. The first-order valence-corrected chi connectivity index (χ1v) is 5.77. The molecule has 0 aromatic carbocycles. The highest BCUT2D eigenvalue weighted by atomic mass is 16.4. The minimum atomic E-state index is -0.982. The van der Waals surface area contributed by atoms with Crippen molar-refractivity contribution < 1.29 is 19.8 Å². The Bertz CT molecular complexity index is 304. The summed E-state index contributed by atoms with van der Waals surface area (Å²) in [7, 11) is 0. The van der Waals surface area contributed by atoms with E-state index in [0.717, 1.165) is 6.42 Å². The van der Waals surface area contributed by atoms with E-state index in [-0.39, 0.29) is 12.6 Å². The number of β-amino-alcohol motifs (C(OH)–C–C–N with tert-alkyl or cyclic N) is 1. The SMILES string of the molecule is CC(C)(CNC(=O)N1CCCC(O)C1)C(=O)O. The lowest BCUT2D eigenvalue weighted by molar-refractivity contribution is -0.146. The Morgan fingerprint density at radius 1 is 1.47 bits per heavy atom. The van der Waals surface area contributed by atoms with Crippen LogP contribution in [0.15, 0.2) is 0 Å². The van der Waals surface area contributed by atoms with Crippen LogP contribution in [0.25, 0.3) is 0 Å². The predicted octanol–water partition coefficient (Wildman–Crippen LogP) is 0.263. The van der Waals surface area contributed by atoms with Gasteiger partial charge in [-0.1, -0.05) is 0 Å². The molecule has 0 aromatic rings. The summed E-state index contributed by atoms with van der Waals surface area (Å²) < 4.78 is 0. The van der Waals surface area contributed by atoms with Crippen molar-refractivity contribution >= 4 is 12.0 Å². The molecular formula is C11H20N2O4. The number of aliphatic hydroxyl groups excluding tert-OH is 1. The normalized spacial score (nSPS) is 21.1. The lowest BCUT2D eigenvalue weighted by Crippen LogP contribution is -2.49. The van der Waals surface area contributed by atoms with Crippen LogP contribution in [-0.2, 0) is 4.79 Å². The van der Waals surface area contributed by atoms with E-state index in [4.69, 9.17) is 5.11 Å². The summed E-state index contributed by atoms with van der Waals surface area (Å²) in [5.41, 5.74) is -0.982. The Balaban J connectivity index is 2.41. The number of hydrogen-bond acceptors (Lipinski definition) is 3. The molecule has 1 fully saturated rings. The molecule has 6 heteroatoms. The van der Waals surface area contributed by atoms with Gasteiger partial charge >= 0.3 is 12.0 Å². The second-order valence-electron chi connectivity index (χ2n) is 5.09. The molecule has 0 bridgehead atoms. The first-order valence-electron chi connectivity index (χ1n) is 5.77. The first kappa shape index (κ1) is 13.8. The summed E-state index contributed by atoms with van der Waals surface area (Å²) in [6.07, 6.45) is 1.02. The van der Waals surface area contributed by atoms with E-state index in [9.17, 15) is 14.7 Å². The fraction of sp³-hybridized carbons (Fsp3) is 0.818. The molecule has 0 radical (unpaired) electrons. The van der Waals surface area contributed by atoms with Crippen molar-refractivity contribution in [1.82, 2.24) is 10.2 Å². The van der Waals surface area contributed by atoms with Crippen LogP contribution in [0.4, 0.5) is 4.79 Å². The quantitative estimate of drug-likeness (QED) is 0.664. The number of carbonyl (C=O) groups excluding carboxylic acids is 1. The van der Waals surface area contributed by atoms with Gasteiger partial charge in [0, 0.05) is 19.6 Å². The van der Waals surface area contributed by atoms with Crippen LogP contribution >= 0.6 is 0 Å². The molecule has 0 aliphatic carbocycles. The van der Waals surface area contributed by atoms with Gasteiger partial charge in [-0.15, -0.1) is 0 Å². The Hall–Kier alpha value is -1.30. The number of aliphatic carboxylic acids is 1. The van der Waals surface area contributed by atoms with Crippen LogP contribution in [0, 0.1) is 5.41 Å². The third-order valence-electron chi connectivity index (χ3n) is 2.94. The van der Waals surface area contributed by atoms with Crippen molar-refractivity contribution in [3.8, 4) is 0 Å².